The lowest BCUT2D eigenvalue weighted by atomic mass is 10.1. The molecule has 0 atom stereocenters. The molecule has 0 saturated heterocycles. The average molecular weight is 267 g/mol. The number of pyridine rings is 1. The van der Waals surface area contributed by atoms with Crippen molar-refractivity contribution in [3.63, 3.8) is 0 Å². The van der Waals surface area contributed by atoms with E-state index < -0.39 is 23.6 Å². The lowest BCUT2D eigenvalue weighted by molar-refractivity contribution is -0.266. The summed E-state index contributed by atoms with van der Waals surface area (Å²) in [5.41, 5.74) is -0.288. The highest BCUT2D eigenvalue weighted by Gasteiger charge is 2.62. The van der Waals surface area contributed by atoms with E-state index in [1.165, 1.54) is 18.3 Å². The van der Waals surface area contributed by atoms with E-state index in [0.29, 0.717) is 0 Å². The summed E-state index contributed by atoms with van der Waals surface area (Å²) in [6.45, 7) is 0. The summed E-state index contributed by atoms with van der Waals surface area (Å²) in [4.78, 5) is 14.2. The molecule has 18 heavy (non-hydrogen) atoms. The summed E-state index contributed by atoms with van der Waals surface area (Å²) in [7, 11) is 0. The number of hydrogen-bond acceptors (Lipinski definition) is 3. The molecule has 3 nitrogen and oxygen atoms in total. The fourth-order valence-corrected chi connectivity index (χ4v) is 0.943. The van der Waals surface area contributed by atoms with Crippen LogP contribution < -0.4 is 0 Å². The highest BCUT2D eigenvalue weighted by Crippen LogP contribution is 2.36. The van der Waals surface area contributed by atoms with E-state index in [4.69, 9.17) is 0 Å². The molecule has 98 valence electrons. The van der Waals surface area contributed by atoms with Gasteiger partial charge >= 0.3 is 12.1 Å². The molecule has 1 N–H and O–H groups in total. The molecule has 0 aliphatic heterocycles. The van der Waals surface area contributed by atoms with Gasteiger partial charge < -0.3 is 5.11 Å². The lowest BCUT2D eigenvalue weighted by Gasteiger charge is -2.16. The number of aromatic nitrogens is 1. The standard InChI is InChI=1S/C10H6F5NO2/c11-9(12,10(13,14)15)8(18)5-7(17)6-3-1-2-4-16-6/h1-5,17H/b7-5-. The van der Waals surface area contributed by atoms with Crippen molar-refractivity contribution in [1.29, 1.82) is 0 Å². The van der Waals surface area contributed by atoms with Crippen molar-refractivity contribution in [2.24, 2.45) is 0 Å². The van der Waals surface area contributed by atoms with Crippen LogP contribution >= 0.6 is 0 Å². The molecule has 0 aliphatic rings. The first-order chi connectivity index (χ1) is 8.16. The van der Waals surface area contributed by atoms with Crippen LogP contribution in [0.2, 0.25) is 0 Å². The number of carbonyl (C=O) groups excluding carboxylic acids is 1. The second-order valence-electron chi connectivity index (χ2n) is 3.18. The molecule has 0 bridgehead atoms. The van der Waals surface area contributed by atoms with Gasteiger partial charge in [-0.15, -0.1) is 0 Å². The fraction of sp³-hybridized carbons (Fsp3) is 0.200. The second-order valence-corrected chi connectivity index (χ2v) is 3.18. The van der Waals surface area contributed by atoms with Crippen molar-refractivity contribution in [1.82, 2.24) is 4.98 Å². The SMILES string of the molecule is O=C(/C=C(\O)c1ccccn1)C(F)(F)C(F)(F)F. The Balaban J connectivity index is 3.01. The maximum absolute atomic E-state index is 12.5. The van der Waals surface area contributed by atoms with E-state index in [2.05, 4.69) is 4.98 Å². The number of nitrogens with zero attached hydrogens (tertiary/aromatic N) is 1. The minimum atomic E-state index is -6.01. The normalized spacial score (nSPS) is 13.5. The summed E-state index contributed by atoms with van der Waals surface area (Å²) in [5.74, 6) is -9.17. The van der Waals surface area contributed by atoms with E-state index >= 15 is 0 Å². The number of carbonyl (C=O) groups is 1. The van der Waals surface area contributed by atoms with Gasteiger partial charge in [0.05, 0.1) is 0 Å². The van der Waals surface area contributed by atoms with Gasteiger partial charge in [-0.3, -0.25) is 9.78 Å². The third kappa shape index (κ3) is 2.82. The van der Waals surface area contributed by atoms with Crippen LogP contribution in [-0.4, -0.2) is 28.0 Å². The van der Waals surface area contributed by atoms with Gasteiger partial charge in [0, 0.05) is 12.3 Å². The summed E-state index contributed by atoms with van der Waals surface area (Å²) in [6.07, 6.45) is -5.04. The quantitative estimate of drug-likeness (QED) is 0.520. The molecule has 0 saturated carbocycles. The number of hydrogen-bond donors (Lipinski definition) is 1. The van der Waals surface area contributed by atoms with E-state index in [-0.39, 0.29) is 11.8 Å². The molecule has 0 aliphatic carbocycles. The molecule has 0 amide bonds. The Morgan fingerprint density at radius 1 is 1.22 bits per heavy atom. The van der Waals surface area contributed by atoms with Crippen molar-refractivity contribution in [3.8, 4) is 0 Å². The highest BCUT2D eigenvalue weighted by molar-refractivity contribution is 6.00. The minimum Gasteiger partial charge on any atom is -0.506 e. The van der Waals surface area contributed by atoms with E-state index in [0.717, 1.165) is 6.07 Å². The van der Waals surface area contributed by atoms with Crippen LogP contribution in [0.15, 0.2) is 30.5 Å². The number of aliphatic hydroxyl groups excluding tert-OH is 1. The van der Waals surface area contributed by atoms with Gasteiger partial charge in [0.1, 0.15) is 11.5 Å². The Morgan fingerprint density at radius 3 is 2.28 bits per heavy atom. The number of rotatable bonds is 3. The Bertz CT molecular complexity index is 467. The van der Waals surface area contributed by atoms with Gasteiger partial charge in [-0.1, -0.05) is 6.07 Å². The monoisotopic (exact) mass is 267 g/mol. The van der Waals surface area contributed by atoms with Crippen LogP contribution in [-0.2, 0) is 4.79 Å². The van der Waals surface area contributed by atoms with Crippen molar-refractivity contribution < 1.29 is 31.9 Å². The number of alkyl halides is 5. The molecule has 0 radical (unpaired) electrons. The molecule has 0 unspecified atom stereocenters. The van der Waals surface area contributed by atoms with Crippen LogP contribution in [0.25, 0.3) is 5.76 Å². The largest absolute Gasteiger partial charge is 0.506 e. The highest BCUT2D eigenvalue weighted by atomic mass is 19.4. The van der Waals surface area contributed by atoms with Gasteiger partial charge in [0.25, 0.3) is 0 Å². The van der Waals surface area contributed by atoms with Crippen LogP contribution in [0, 0.1) is 0 Å². The van der Waals surface area contributed by atoms with Gasteiger partial charge in [-0.25, -0.2) is 0 Å². The first kappa shape index (κ1) is 14.1. The maximum Gasteiger partial charge on any atom is 0.461 e. The third-order valence-corrected chi connectivity index (χ3v) is 1.86. The lowest BCUT2D eigenvalue weighted by Crippen LogP contribution is -2.43. The first-order valence-corrected chi connectivity index (χ1v) is 4.47. The van der Waals surface area contributed by atoms with Crippen molar-refractivity contribution >= 4 is 11.5 Å². The average Bonchev–Trinajstić information content (AvgIpc) is 2.28. The Morgan fingerprint density at radius 2 is 1.83 bits per heavy atom. The van der Waals surface area contributed by atoms with Crippen LogP contribution in [0.4, 0.5) is 22.0 Å². The van der Waals surface area contributed by atoms with Crippen LogP contribution in [0.1, 0.15) is 5.69 Å². The predicted octanol–water partition coefficient (Wildman–Crippen LogP) is 2.75. The molecular formula is C10H6F5NO2. The zero-order chi connectivity index (χ0) is 14.0. The summed E-state index contributed by atoms with van der Waals surface area (Å²) in [6, 6.07) is 3.94. The number of allylic oxidation sites excluding steroid dienone is 1. The molecule has 8 heteroatoms. The second kappa shape index (κ2) is 4.71. The van der Waals surface area contributed by atoms with Crippen molar-refractivity contribution in [2.45, 2.75) is 12.1 Å². The molecule has 0 spiro atoms. The number of aliphatic hydroxyl groups is 1. The Kier molecular flexibility index (Phi) is 3.68. The zero-order valence-electron chi connectivity index (χ0n) is 8.58. The van der Waals surface area contributed by atoms with E-state index in [1.807, 2.05) is 0 Å². The van der Waals surface area contributed by atoms with E-state index in [9.17, 15) is 31.9 Å². The Hall–Kier alpha value is -1.99. The molecule has 1 aromatic rings. The van der Waals surface area contributed by atoms with Crippen LogP contribution in [0.5, 0.6) is 0 Å². The number of halogens is 5. The van der Waals surface area contributed by atoms with E-state index in [1.54, 1.807) is 0 Å². The summed E-state index contributed by atoms with van der Waals surface area (Å²) < 4.78 is 60.6. The maximum atomic E-state index is 12.5. The fourth-order valence-electron chi connectivity index (χ4n) is 0.943. The minimum absolute atomic E-state index is 0.199. The molecule has 1 heterocycles. The molecule has 1 rings (SSSR count). The topological polar surface area (TPSA) is 50.2 Å². The first-order valence-electron chi connectivity index (χ1n) is 4.47. The van der Waals surface area contributed by atoms with Crippen molar-refractivity contribution in [3.05, 3.63) is 36.2 Å². The van der Waals surface area contributed by atoms with Gasteiger partial charge in [0.2, 0.25) is 5.78 Å². The molecule has 0 aromatic carbocycles. The van der Waals surface area contributed by atoms with Gasteiger partial charge in [-0.05, 0) is 12.1 Å². The van der Waals surface area contributed by atoms with Crippen molar-refractivity contribution in [2.75, 3.05) is 0 Å². The van der Waals surface area contributed by atoms with Gasteiger partial charge in [0.15, 0.2) is 0 Å². The Labute approximate surface area is 97.6 Å². The smallest absolute Gasteiger partial charge is 0.461 e. The molecular weight excluding hydrogens is 261 g/mol. The summed E-state index contributed by atoms with van der Waals surface area (Å²) >= 11 is 0. The molecule has 1 aromatic heterocycles. The van der Waals surface area contributed by atoms with Crippen LogP contribution in [0.3, 0.4) is 0 Å². The summed E-state index contributed by atoms with van der Waals surface area (Å²) in [5, 5.41) is 9.20. The van der Waals surface area contributed by atoms with Gasteiger partial charge in [-0.2, -0.15) is 22.0 Å². The predicted molar refractivity (Wildman–Crippen MR) is 50.9 cm³/mol. The third-order valence-electron chi connectivity index (χ3n) is 1.86. The zero-order valence-corrected chi connectivity index (χ0v) is 8.58. The molecule has 0 fully saturated rings. The number of ketones is 1.